The van der Waals surface area contributed by atoms with Crippen molar-refractivity contribution in [2.45, 2.75) is 31.7 Å². The van der Waals surface area contributed by atoms with Crippen LogP contribution in [0.2, 0.25) is 0 Å². The molecule has 6 rings (SSSR count). The van der Waals surface area contributed by atoms with E-state index in [0.29, 0.717) is 12.1 Å². The van der Waals surface area contributed by atoms with Crippen molar-refractivity contribution >= 4 is 33.6 Å². The Bertz CT molecular complexity index is 1600. The highest BCUT2D eigenvalue weighted by molar-refractivity contribution is 5.81. The van der Waals surface area contributed by atoms with Crippen LogP contribution >= 0.6 is 0 Å². The topological polar surface area (TPSA) is 115 Å². The molecule has 1 aliphatic rings. The van der Waals surface area contributed by atoms with E-state index >= 15 is 0 Å². The quantitative estimate of drug-likeness (QED) is 0.326. The zero-order chi connectivity index (χ0) is 25.2. The molecular weight excluding hydrogens is 468 g/mol. The predicted octanol–water partition coefficient (Wildman–Crippen LogP) is 4.42. The number of hydrogen-bond donors (Lipinski definition) is 2. The van der Waals surface area contributed by atoms with Crippen molar-refractivity contribution < 1.29 is 14.6 Å². The molecule has 4 heterocycles. The fourth-order valence-corrected chi connectivity index (χ4v) is 4.86. The first-order valence-corrected chi connectivity index (χ1v) is 12.4. The number of carbonyl (C=O) groups is 1. The number of fused-ring (bicyclic) bond motifs is 3. The molecule has 0 saturated heterocycles. The van der Waals surface area contributed by atoms with Gasteiger partial charge < -0.3 is 15.2 Å². The molecule has 0 bridgehead atoms. The molecule has 5 aromatic rings. The number of aryl methyl sites for hydroxylation is 1. The molecule has 1 atom stereocenters. The van der Waals surface area contributed by atoms with Crippen molar-refractivity contribution in [1.82, 2.24) is 24.7 Å². The summed E-state index contributed by atoms with van der Waals surface area (Å²) in [5.74, 6) is -0.165. The fraction of sp³-hybridized carbons (Fsp3) is 0.250. The van der Waals surface area contributed by atoms with Gasteiger partial charge in [0.15, 0.2) is 0 Å². The summed E-state index contributed by atoms with van der Waals surface area (Å²) in [6.45, 7) is 1.52. The molecule has 186 valence electrons. The number of aliphatic carboxylic acids is 1. The average Bonchev–Trinajstić information content (AvgIpc) is 3.34. The number of anilines is 1. The SMILES string of the molecule is O=C(O)CC(c1ccc2nccnc2c1)n1ncc2cc(OCCc3ccc4c(n3)CCCN4)ccc21. The van der Waals surface area contributed by atoms with Crippen LogP contribution < -0.4 is 10.1 Å². The molecule has 3 aromatic heterocycles. The second-order valence-corrected chi connectivity index (χ2v) is 9.15. The van der Waals surface area contributed by atoms with Crippen molar-refractivity contribution in [3.05, 3.63) is 84.1 Å². The first-order chi connectivity index (χ1) is 18.1. The van der Waals surface area contributed by atoms with E-state index in [4.69, 9.17) is 9.72 Å². The van der Waals surface area contributed by atoms with Crippen molar-refractivity contribution in [2.24, 2.45) is 0 Å². The maximum atomic E-state index is 11.7. The smallest absolute Gasteiger partial charge is 0.305 e. The number of carboxylic acid groups (broad SMARTS) is 1. The minimum atomic E-state index is -0.903. The van der Waals surface area contributed by atoms with Crippen LogP contribution in [0.25, 0.3) is 21.9 Å². The highest BCUT2D eigenvalue weighted by Gasteiger charge is 2.21. The highest BCUT2D eigenvalue weighted by Crippen LogP contribution is 2.30. The molecule has 0 amide bonds. The van der Waals surface area contributed by atoms with Crippen LogP contribution in [0.15, 0.2) is 67.1 Å². The van der Waals surface area contributed by atoms with Gasteiger partial charge in [0.05, 0.1) is 53.2 Å². The maximum absolute atomic E-state index is 11.7. The minimum absolute atomic E-state index is 0.107. The van der Waals surface area contributed by atoms with E-state index in [2.05, 4.69) is 32.5 Å². The van der Waals surface area contributed by atoms with Crippen LogP contribution in [0.4, 0.5) is 5.69 Å². The van der Waals surface area contributed by atoms with Crippen LogP contribution in [0, 0.1) is 0 Å². The Morgan fingerprint density at radius 3 is 2.86 bits per heavy atom. The van der Waals surface area contributed by atoms with Gasteiger partial charge in [0.1, 0.15) is 5.75 Å². The Kier molecular flexibility index (Phi) is 6.10. The van der Waals surface area contributed by atoms with Crippen molar-refractivity contribution in [2.75, 3.05) is 18.5 Å². The van der Waals surface area contributed by atoms with Gasteiger partial charge in [0.25, 0.3) is 0 Å². The van der Waals surface area contributed by atoms with E-state index in [-0.39, 0.29) is 6.42 Å². The summed E-state index contributed by atoms with van der Waals surface area (Å²) in [5, 5.41) is 18.5. The van der Waals surface area contributed by atoms with Crippen LogP contribution in [-0.4, -0.2) is 49.0 Å². The molecule has 9 heteroatoms. The zero-order valence-electron chi connectivity index (χ0n) is 20.2. The Balaban J connectivity index is 1.21. The summed E-state index contributed by atoms with van der Waals surface area (Å²) in [5.41, 5.74) is 6.41. The maximum Gasteiger partial charge on any atom is 0.305 e. The Morgan fingerprint density at radius 1 is 1.08 bits per heavy atom. The van der Waals surface area contributed by atoms with E-state index in [1.807, 2.05) is 36.4 Å². The molecule has 2 N–H and O–H groups in total. The van der Waals surface area contributed by atoms with Gasteiger partial charge in [0.2, 0.25) is 0 Å². The predicted molar refractivity (Wildman–Crippen MR) is 140 cm³/mol. The molecule has 0 spiro atoms. The molecular formula is C28H26N6O3. The lowest BCUT2D eigenvalue weighted by atomic mass is 10.0. The van der Waals surface area contributed by atoms with Gasteiger partial charge in [-0.15, -0.1) is 0 Å². The largest absolute Gasteiger partial charge is 0.493 e. The van der Waals surface area contributed by atoms with Crippen LogP contribution in [0.1, 0.15) is 35.8 Å². The molecule has 0 fully saturated rings. The number of carboxylic acids is 1. The third-order valence-corrected chi connectivity index (χ3v) is 6.67. The number of pyridine rings is 1. The van der Waals surface area contributed by atoms with Gasteiger partial charge in [-0.05, 0) is 60.9 Å². The summed E-state index contributed by atoms with van der Waals surface area (Å²) in [7, 11) is 0. The lowest BCUT2D eigenvalue weighted by molar-refractivity contribution is -0.137. The summed E-state index contributed by atoms with van der Waals surface area (Å²) in [4.78, 5) is 25.2. The van der Waals surface area contributed by atoms with Crippen LogP contribution in [0.5, 0.6) is 5.75 Å². The lowest BCUT2D eigenvalue weighted by Gasteiger charge is -2.18. The first-order valence-electron chi connectivity index (χ1n) is 12.4. The number of hydrogen-bond acceptors (Lipinski definition) is 7. The first kappa shape index (κ1) is 22.9. The normalized spacial score (nSPS) is 13.7. The van der Waals surface area contributed by atoms with Gasteiger partial charge in [-0.25, -0.2) is 0 Å². The third kappa shape index (κ3) is 4.80. The molecule has 37 heavy (non-hydrogen) atoms. The summed E-state index contributed by atoms with van der Waals surface area (Å²) < 4.78 is 7.79. The lowest BCUT2D eigenvalue weighted by Crippen LogP contribution is -2.16. The van der Waals surface area contributed by atoms with Gasteiger partial charge in [-0.1, -0.05) is 6.07 Å². The average molecular weight is 495 g/mol. The molecule has 0 saturated carbocycles. The number of aromatic nitrogens is 5. The van der Waals surface area contributed by atoms with Crippen molar-refractivity contribution in [3.63, 3.8) is 0 Å². The molecule has 9 nitrogen and oxygen atoms in total. The molecule has 2 aromatic carbocycles. The van der Waals surface area contributed by atoms with E-state index in [9.17, 15) is 9.90 Å². The highest BCUT2D eigenvalue weighted by atomic mass is 16.5. The second kappa shape index (κ2) is 9.85. The van der Waals surface area contributed by atoms with E-state index in [1.165, 1.54) is 0 Å². The number of benzene rings is 2. The zero-order valence-corrected chi connectivity index (χ0v) is 20.2. The van der Waals surface area contributed by atoms with Crippen molar-refractivity contribution in [3.8, 4) is 5.75 Å². The molecule has 1 aliphatic heterocycles. The van der Waals surface area contributed by atoms with E-state index in [1.54, 1.807) is 23.3 Å². The second-order valence-electron chi connectivity index (χ2n) is 9.15. The summed E-state index contributed by atoms with van der Waals surface area (Å²) in [6.07, 6.45) is 7.74. The van der Waals surface area contributed by atoms with Gasteiger partial charge >= 0.3 is 5.97 Å². The molecule has 1 unspecified atom stereocenters. The van der Waals surface area contributed by atoms with Gasteiger partial charge in [-0.3, -0.25) is 24.4 Å². The molecule has 0 radical (unpaired) electrons. The van der Waals surface area contributed by atoms with Crippen molar-refractivity contribution in [1.29, 1.82) is 0 Å². The third-order valence-electron chi connectivity index (χ3n) is 6.67. The monoisotopic (exact) mass is 494 g/mol. The number of rotatable bonds is 8. The Morgan fingerprint density at radius 2 is 1.97 bits per heavy atom. The Hall–Kier alpha value is -4.53. The minimum Gasteiger partial charge on any atom is -0.493 e. The van der Waals surface area contributed by atoms with Gasteiger partial charge in [0, 0.05) is 36.4 Å². The molecule has 0 aliphatic carbocycles. The number of nitrogens with zero attached hydrogens (tertiary/aromatic N) is 5. The number of nitrogens with one attached hydrogen (secondary N) is 1. The van der Waals surface area contributed by atoms with Gasteiger partial charge in [-0.2, -0.15) is 5.10 Å². The number of ether oxygens (including phenoxy) is 1. The summed E-state index contributed by atoms with van der Waals surface area (Å²) in [6, 6.07) is 15.1. The van der Waals surface area contributed by atoms with E-state index in [0.717, 1.165) is 70.6 Å². The summed E-state index contributed by atoms with van der Waals surface area (Å²) >= 11 is 0. The van der Waals surface area contributed by atoms with Crippen LogP contribution in [-0.2, 0) is 17.6 Å². The fourth-order valence-electron chi connectivity index (χ4n) is 4.86. The van der Waals surface area contributed by atoms with Crippen LogP contribution in [0.3, 0.4) is 0 Å². The Labute approximate surface area is 213 Å². The standard InChI is InChI=1S/C28H26N6O3/c35-28(36)16-27(18-3-6-23-25(15-18)31-12-11-30-23)34-26-8-5-21(14-19(26)17-32-34)37-13-9-20-4-7-22-24(33-20)2-1-10-29-22/h3-8,11-12,14-15,17,27,29H,1-2,9-10,13,16H2,(H,35,36). The van der Waals surface area contributed by atoms with E-state index < -0.39 is 12.0 Å².